The number of nitrogens with one attached hydrogen (secondary N) is 1. The van der Waals surface area contributed by atoms with Crippen LogP contribution in [0.3, 0.4) is 0 Å². The van der Waals surface area contributed by atoms with E-state index in [1.165, 1.54) is 0 Å². The molecule has 0 aliphatic rings. The summed E-state index contributed by atoms with van der Waals surface area (Å²) in [5, 5.41) is 3.27. The molecule has 0 spiro atoms. The third kappa shape index (κ3) is 3.80. The molecule has 0 radical (unpaired) electrons. The van der Waals surface area contributed by atoms with Gasteiger partial charge in [0.1, 0.15) is 5.82 Å². The largest absolute Gasteiger partial charge is 0.311 e. The maximum atomic E-state index is 4.27. The molecule has 0 aliphatic carbocycles. The first-order chi connectivity index (χ1) is 6.33. The monoisotopic (exact) mass is 177 g/mol. The Hall–Kier alpha value is -1.22. The number of aryl methyl sites for hydroxylation is 1. The van der Waals surface area contributed by atoms with Crippen LogP contribution in [0.25, 0.3) is 0 Å². The second kappa shape index (κ2) is 5.43. The van der Waals surface area contributed by atoms with Crippen LogP contribution >= 0.6 is 0 Å². The zero-order chi connectivity index (χ0) is 9.52. The molecule has 3 nitrogen and oxygen atoms in total. The summed E-state index contributed by atoms with van der Waals surface area (Å²) in [6.07, 6.45) is 4.68. The summed E-state index contributed by atoms with van der Waals surface area (Å²) in [6, 6.07) is 1.92. The van der Waals surface area contributed by atoms with E-state index in [1.54, 1.807) is 6.20 Å². The number of aromatic nitrogens is 2. The van der Waals surface area contributed by atoms with Crippen LogP contribution < -0.4 is 5.32 Å². The fourth-order valence-corrected chi connectivity index (χ4v) is 1.02. The number of hydrogen-bond donors (Lipinski definition) is 1. The van der Waals surface area contributed by atoms with E-state index in [4.69, 9.17) is 0 Å². The quantitative estimate of drug-likeness (QED) is 0.546. The molecule has 0 fully saturated rings. The predicted molar refractivity (Wildman–Crippen MR) is 53.3 cm³/mol. The van der Waals surface area contributed by atoms with E-state index in [9.17, 15) is 0 Å². The molecular weight excluding hydrogens is 162 g/mol. The minimum atomic E-state index is 0.803. The summed E-state index contributed by atoms with van der Waals surface area (Å²) in [7, 11) is 0. The van der Waals surface area contributed by atoms with Crippen LogP contribution in [0, 0.1) is 6.92 Å². The zero-order valence-corrected chi connectivity index (χ0v) is 7.95. The maximum absolute atomic E-state index is 4.27. The summed E-state index contributed by atoms with van der Waals surface area (Å²) in [5.74, 6) is 0.822. The summed E-state index contributed by atoms with van der Waals surface area (Å²) in [5.41, 5.74) is 1.04. The minimum absolute atomic E-state index is 0.803. The van der Waals surface area contributed by atoms with Gasteiger partial charge in [0.05, 0.1) is 5.69 Å². The summed E-state index contributed by atoms with van der Waals surface area (Å²) in [4.78, 5) is 8.30. The fraction of sp³-hybridized carbons (Fsp3) is 0.400. The SMILES string of the molecule is C=CCCNCc1ccnc(C)n1. The topological polar surface area (TPSA) is 37.8 Å². The Balaban J connectivity index is 2.32. The molecule has 1 heterocycles. The standard InChI is InChI=1S/C10H15N3/c1-3-4-6-11-8-10-5-7-12-9(2)13-10/h3,5,7,11H,1,4,6,8H2,2H3. The molecule has 0 saturated carbocycles. The lowest BCUT2D eigenvalue weighted by atomic mass is 10.3. The smallest absolute Gasteiger partial charge is 0.125 e. The van der Waals surface area contributed by atoms with Crippen LogP contribution in [0.5, 0.6) is 0 Å². The molecule has 3 heteroatoms. The van der Waals surface area contributed by atoms with Gasteiger partial charge < -0.3 is 5.32 Å². The van der Waals surface area contributed by atoms with Gasteiger partial charge in [-0.2, -0.15) is 0 Å². The lowest BCUT2D eigenvalue weighted by Crippen LogP contribution is -2.15. The summed E-state index contributed by atoms with van der Waals surface area (Å²) >= 11 is 0. The van der Waals surface area contributed by atoms with E-state index in [2.05, 4.69) is 21.9 Å². The highest BCUT2D eigenvalue weighted by atomic mass is 14.9. The highest BCUT2D eigenvalue weighted by Gasteiger charge is 1.93. The van der Waals surface area contributed by atoms with Crippen LogP contribution in [-0.4, -0.2) is 16.5 Å². The van der Waals surface area contributed by atoms with Crippen molar-refractivity contribution in [3.05, 3.63) is 36.4 Å². The molecule has 0 amide bonds. The molecule has 0 aromatic carbocycles. The van der Waals surface area contributed by atoms with Gasteiger partial charge in [-0.05, 0) is 26.0 Å². The van der Waals surface area contributed by atoms with Crippen molar-refractivity contribution >= 4 is 0 Å². The van der Waals surface area contributed by atoms with Gasteiger partial charge in [-0.25, -0.2) is 9.97 Å². The number of rotatable bonds is 5. The van der Waals surface area contributed by atoms with Gasteiger partial charge in [0, 0.05) is 12.7 Å². The minimum Gasteiger partial charge on any atom is -0.311 e. The van der Waals surface area contributed by atoms with Crippen molar-refractivity contribution in [1.29, 1.82) is 0 Å². The van der Waals surface area contributed by atoms with Crippen molar-refractivity contribution < 1.29 is 0 Å². The first kappa shape index (κ1) is 9.86. The van der Waals surface area contributed by atoms with Crippen molar-refractivity contribution in [2.24, 2.45) is 0 Å². The molecule has 0 saturated heterocycles. The fourth-order valence-electron chi connectivity index (χ4n) is 1.02. The Morgan fingerprint density at radius 2 is 2.46 bits per heavy atom. The zero-order valence-electron chi connectivity index (χ0n) is 7.95. The molecule has 1 rings (SSSR count). The summed E-state index contributed by atoms with van der Waals surface area (Å²) < 4.78 is 0. The predicted octanol–water partition coefficient (Wildman–Crippen LogP) is 1.45. The second-order valence-electron chi connectivity index (χ2n) is 2.85. The highest BCUT2D eigenvalue weighted by molar-refractivity contribution is 5.00. The van der Waals surface area contributed by atoms with Crippen molar-refractivity contribution in [3.63, 3.8) is 0 Å². The van der Waals surface area contributed by atoms with Crippen LogP contribution in [-0.2, 0) is 6.54 Å². The van der Waals surface area contributed by atoms with E-state index in [0.717, 1.165) is 31.0 Å². The first-order valence-electron chi connectivity index (χ1n) is 4.43. The van der Waals surface area contributed by atoms with E-state index >= 15 is 0 Å². The average Bonchev–Trinajstić information content (AvgIpc) is 2.13. The van der Waals surface area contributed by atoms with Gasteiger partial charge >= 0.3 is 0 Å². The van der Waals surface area contributed by atoms with Gasteiger partial charge in [0.15, 0.2) is 0 Å². The van der Waals surface area contributed by atoms with Gasteiger partial charge in [-0.1, -0.05) is 6.08 Å². The molecule has 0 atom stereocenters. The molecular formula is C10H15N3. The van der Waals surface area contributed by atoms with Crippen molar-refractivity contribution in [2.75, 3.05) is 6.54 Å². The van der Waals surface area contributed by atoms with Crippen molar-refractivity contribution in [2.45, 2.75) is 19.9 Å². The highest BCUT2D eigenvalue weighted by Crippen LogP contribution is 1.93. The molecule has 0 bridgehead atoms. The summed E-state index contributed by atoms with van der Waals surface area (Å²) in [6.45, 7) is 7.30. The van der Waals surface area contributed by atoms with Gasteiger partial charge in [0.2, 0.25) is 0 Å². The molecule has 13 heavy (non-hydrogen) atoms. The van der Waals surface area contributed by atoms with Crippen LogP contribution in [0.2, 0.25) is 0 Å². The number of nitrogens with zero attached hydrogens (tertiary/aromatic N) is 2. The van der Waals surface area contributed by atoms with Crippen molar-refractivity contribution in [1.82, 2.24) is 15.3 Å². The Morgan fingerprint density at radius 3 is 3.15 bits per heavy atom. The molecule has 0 aliphatic heterocycles. The first-order valence-corrected chi connectivity index (χ1v) is 4.43. The third-order valence-corrected chi connectivity index (χ3v) is 1.67. The van der Waals surface area contributed by atoms with Gasteiger partial charge in [0.25, 0.3) is 0 Å². The van der Waals surface area contributed by atoms with Crippen LogP contribution in [0.15, 0.2) is 24.9 Å². The van der Waals surface area contributed by atoms with E-state index in [1.807, 2.05) is 19.1 Å². The molecule has 1 aromatic rings. The van der Waals surface area contributed by atoms with Crippen LogP contribution in [0.4, 0.5) is 0 Å². The van der Waals surface area contributed by atoms with E-state index < -0.39 is 0 Å². The Kier molecular flexibility index (Phi) is 4.12. The lowest BCUT2D eigenvalue weighted by Gasteiger charge is -2.02. The van der Waals surface area contributed by atoms with Gasteiger partial charge in [-0.3, -0.25) is 0 Å². The Bertz CT molecular complexity index is 271. The number of hydrogen-bond acceptors (Lipinski definition) is 3. The maximum Gasteiger partial charge on any atom is 0.125 e. The Morgan fingerprint density at radius 1 is 1.62 bits per heavy atom. The third-order valence-electron chi connectivity index (χ3n) is 1.67. The normalized spacial score (nSPS) is 9.92. The van der Waals surface area contributed by atoms with Gasteiger partial charge in [-0.15, -0.1) is 6.58 Å². The van der Waals surface area contributed by atoms with Crippen LogP contribution in [0.1, 0.15) is 17.9 Å². The lowest BCUT2D eigenvalue weighted by molar-refractivity contribution is 0.678. The molecule has 70 valence electrons. The van der Waals surface area contributed by atoms with Crippen molar-refractivity contribution in [3.8, 4) is 0 Å². The Labute approximate surface area is 78.9 Å². The molecule has 1 aromatic heterocycles. The molecule has 0 unspecified atom stereocenters. The second-order valence-corrected chi connectivity index (χ2v) is 2.85. The average molecular weight is 177 g/mol. The van der Waals surface area contributed by atoms with E-state index in [0.29, 0.717) is 0 Å². The molecule has 1 N–H and O–H groups in total. The van der Waals surface area contributed by atoms with E-state index in [-0.39, 0.29) is 0 Å².